The minimum atomic E-state index is 0. The van der Waals surface area contributed by atoms with Crippen LogP contribution in [0.1, 0.15) is 75.2 Å². The van der Waals surface area contributed by atoms with E-state index in [1.54, 1.807) is 0 Å². The normalized spacial score (nSPS) is 9.29. The molecule has 138 valence electrons. The van der Waals surface area contributed by atoms with E-state index in [9.17, 15) is 9.59 Å². The largest absolute Gasteiger partial charge is 0.400 e. The summed E-state index contributed by atoms with van der Waals surface area (Å²) in [5, 5.41) is 10.0. The Bertz CT molecular complexity index is 433. The van der Waals surface area contributed by atoms with Gasteiger partial charge in [0, 0.05) is 25.6 Å². The van der Waals surface area contributed by atoms with Crippen molar-refractivity contribution in [2.45, 2.75) is 65.7 Å². The Kier molecular flexibility index (Phi) is 18.1. The van der Waals surface area contributed by atoms with Gasteiger partial charge < -0.3 is 15.2 Å². The predicted octanol–water partition coefficient (Wildman–Crippen LogP) is 4.15. The van der Waals surface area contributed by atoms with E-state index in [2.05, 4.69) is 12.2 Å². The van der Waals surface area contributed by atoms with E-state index in [0.29, 0.717) is 6.42 Å². The topological polar surface area (TPSA) is 66.4 Å². The van der Waals surface area contributed by atoms with Gasteiger partial charge >= 0.3 is 0 Å². The molecule has 1 aromatic rings. The standard InChI is InChI=1S/C18H27NO2.CH4O.CH4/c1-2-11-16-12-7-8-13-17(16)18(21)19-14-9-5-3-4-6-10-15-20;1-2;/h7-8,12-13,15H,2-6,9-11,14H2,1H3,(H,19,21);2H,1H3;1H4. The first-order valence-corrected chi connectivity index (χ1v) is 8.54. The molecule has 0 aromatic heterocycles. The molecule has 0 unspecified atom stereocenters. The number of hydrogen-bond acceptors (Lipinski definition) is 3. The fraction of sp³-hybridized carbons (Fsp3) is 0.600. The molecule has 0 saturated carbocycles. The lowest BCUT2D eigenvalue weighted by Crippen LogP contribution is -2.25. The zero-order chi connectivity index (χ0) is 17.3. The van der Waals surface area contributed by atoms with E-state index in [-0.39, 0.29) is 13.3 Å². The Labute approximate surface area is 147 Å². The summed E-state index contributed by atoms with van der Waals surface area (Å²) in [5.74, 6) is 0.0417. The highest BCUT2D eigenvalue weighted by Gasteiger charge is 2.09. The Morgan fingerprint density at radius 2 is 1.71 bits per heavy atom. The molecule has 0 fully saturated rings. The summed E-state index contributed by atoms with van der Waals surface area (Å²) in [6.45, 7) is 2.85. The van der Waals surface area contributed by atoms with E-state index in [0.717, 1.165) is 76.0 Å². The average molecular weight is 338 g/mol. The van der Waals surface area contributed by atoms with Crippen LogP contribution in [0.5, 0.6) is 0 Å². The second-order valence-electron chi connectivity index (χ2n) is 5.39. The molecule has 1 aromatic carbocycles. The molecule has 0 aliphatic carbocycles. The summed E-state index contributed by atoms with van der Waals surface area (Å²) in [6, 6.07) is 7.84. The smallest absolute Gasteiger partial charge is 0.251 e. The van der Waals surface area contributed by atoms with Crippen LogP contribution in [0, 0.1) is 0 Å². The SMILES string of the molecule is C.CCCc1ccccc1C(=O)NCCCCCCCC=O.CO. The van der Waals surface area contributed by atoms with Crippen LogP contribution in [-0.4, -0.2) is 31.0 Å². The molecule has 4 heteroatoms. The van der Waals surface area contributed by atoms with Gasteiger partial charge in [-0.15, -0.1) is 0 Å². The number of unbranched alkanes of at least 4 members (excludes halogenated alkanes) is 5. The lowest BCUT2D eigenvalue weighted by atomic mass is 10.0. The molecule has 0 heterocycles. The fourth-order valence-electron chi connectivity index (χ4n) is 2.41. The minimum Gasteiger partial charge on any atom is -0.400 e. The maximum absolute atomic E-state index is 12.2. The number of benzene rings is 1. The summed E-state index contributed by atoms with van der Waals surface area (Å²) in [7, 11) is 1.00. The van der Waals surface area contributed by atoms with Gasteiger partial charge in [0.25, 0.3) is 5.91 Å². The average Bonchev–Trinajstić information content (AvgIpc) is 2.59. The first-order valence-electron chi connectivity index (χ1n) is 8.54. The highest BCUT2D eigenvalue weighted by molar-refractivity contribution is 5.95. The maximum Gasteiger partial charge on any atom is 0.251 e. The number of aliphatic hydroxyl groups excluding tert-OH is 1. The van der Waals surface area contributed by atoms with Crippen LogP contribution in [-0.2, 0) is 11.2 Å². The first kappa shape index (κ1) is 24.6. The van der Waals surface area contributed by atoms with E-state index < -0.39 is 0 Å². The van der Waals surface area contributed by atoms with Gasteiger partial charge in [-0.1, -0.05) is 58.2 Å². The minimum absolute atomic E-state index is 0. The van der Waals surface area contributed by atoms with Crippen molar-refractivity contribution in [1.82, 2.24) is 5.32 Å². The first-order chi connectivity index (χ1) is 11.3. The Hall–Kier alpha value is -1.68. The molecule has 0 aliphatic heterocycles. The number of aldehydes is 1. The fourth-order valence-corrected chi connectivity index (χ4v) is 2.41. The zero-order valence-corrected chi connectivity index (χ0v) is 14.5. The van der Waals surface area contributed by atoms with Gasteiger partial charge in [-0.2, -0.15) is 0 Å². The number of hydrogen-bond donors (Lipinski definition) is 2. The molecule has 1 rings (SSSR count). The van der Waals surface area contributed by atoms with E-state index >= 15 is 0 Å². The van der Waals surface area contributed by atoms with Crippen LogP contribution in [0.3, 0.4) is 0 Å². The monoisotopic (exact) mass is 337 g/mol. The lowest BCUT2D eigenvalue weighted by Gasteiger charge is -2.09. The number of rotatable bonds is 11. The third-order valence-electron chi connectivity index (χ3n) is 3.57. The van der Waals surface area contributed by atoms with Gasteiger partial charge in [-0.05, 0) is 30.9 Å². The van der Waals surface area contributed by atoms with Crippen LogP contribution < -0.4 is 5.32 Å². The Balaban J connectivity index is 0. The predicted molar refractivity (Wildman–Crippen MR) is 101 cm³/mol. The molecule has 0 spiro atoms. The quantitative estimate of drug-likeness (QED) is 0.471. The van der Waals surface area contributed by atoms with Gasteiger partial charge in [0.2, 0.25) is 0 Å². The van der Waals surface area contributed by atoms with E-state index in [1.807, 2.05) is 24.3 Å². The summed E-state index contributed by atoms with van der Waals surface area (Å²) in [6.07, 6.45) is 8.98. The van der Waals surface area contributed by atoms with Gasteiger partial charge in [0.15, 0.2) is 0 Å². The van der Waals surface area contributed by atoms with Gasteiger partial charge in [0.1, 0.15) is 6.29 Å². The number of carbonyl (C=O) groups excluding carboxylic acids is 2. The van der Waals surface area contributed by atoms with Crippen molar-refractivity contribution in [3.05, 3.63) is 35.4 Å². The number of aryl methyl sites for hydroxylation is 1. The number of amides is 1. The molecular weight excluding hydrogens is 302 g/mol. The van der Waals surface area contributed by atoms with Crippen molar-refractivity contribution in [3.63, 3.8) is 0 Å². The van der Waals surface area contributed by atoms with E-state index in [1.165, 1.54) is 0 Å². The molecule has 0 aliphatic rings. The van der Waals surface area contributed by atoms with Gasteiger partial charge in [0.05, 0.1) is 0 Å². The van der Waals surface area contributed by atoms with Crippen molar-refractivity contribution in [2.24, 2.45) is 0 Å². The summed E-state index contributed by atoms with van der Waals surface area (Å²) < 4.78 is 0. The van der Waals surface area contributed by atoms with Gasteiger partial charge in [-0.25, -0.2) is 0 Å². The second kappa shape index (κ2) is 17.7. The van der Waals surface area contributed by atoms with Crippen molar-refractivity contribution < 1.29 is 14.7 Å². The summed E-state index contributed by atoms with van der Waals surface area (Å²) >= 11 is 0. The molecule has 0 radical (unpaired) electrons. The molecule has 24 heavy (non-hydrogen) atoms. The van der Waals surface area contributed by atoms with Crippen LogP contribution in [0.2, 0.25) is 0 Å². The molecule has 0 bridgehead atoms. The highest BCUT2D eigenvalue weighted by atomic mass is 16.2. The molecule has 0 saturated heterocycles. The third kappa shape index (κ3) is 10.9. The Morgan fingerprint density at radius 1 is 1.08 bits per heavy atom. The second-order valence-corrected chi connectivity index (χ2v) is 5.39. The van der Waals surface area contributed by atoms with Crippen LogP contribution >= 0.6 is 0 Å². The third-order valence-corrected chi connectivity index (χ3v) is 3.57. The summed E-state index contributed by atoms with van der Waals surface area (Å²) in [5.41, 5.74) is 1.94. The Morgan fingerprint density at radius 3 is 2.38 bits per heavy atom. The highest BCUT2D eigenvalue weighted by Crippen LogP contribution is 2.11. The molecular formula is C20H35NO3. The lowest BCUT2D eigenvalue weighted by molar-refractivity contribution is -0.107. The van der Waals surface area contributed by atoms with Crippen LogP contribution in [0.15, 0.2) is 24.3 Å². The van der Waals surface area contributed by atoms with Gasteiger partial charge in [-0.3, -0.25) is 4.79 Å². The van der Waals surface area contributed by atoms with Crippen LogP contribution in [0.25, 0.3) is 0 Å². The molecule has 4 nitrogen and oxygen atoms in total. The molecule has 0 atom stereocenters. The maximum atomic E-state index is 12.2. The van der Waals surface area contributed by atoms with Crippen LogP contribution in [0.4, 0.5) is 0 Å². The number of aliphatic hydroxyl groups is 1. The van der Waals surface area contributed by atoms with Crippen molar-refractivity contribution >= 4 is 12.2 Å². The molecule has 1 amide bonds. The zero-order valence-electron chi connectivity index (χ0n) is 14.5. The number of carbonyl (C=O) groups is 2. The number of nitrogens with one attached hydrogen (secondary N) is 1. The molecule has 2 N–H and O–H groups in total. The van der Waals surface area contributed by atoms with Crippen molar-refractivity contribution in [1.29, 1.82) is 0 Å². The van der Waals surface area contributed by atoms with Crippen molar-refractivity contribution in [3.8, 4) is 0 Å². The van der Waals surface area contributed by atoms with Crippen molar-refractivity contribution in [2.75, 3.05) is 13.7 Å². The van der Waals surface area contributed by atoms with E-state index in [4.69, 9.17) is 5.11 Å². The summed E-state index contributed by atoms with van der Waals surface area (Å²) in [4.78, 5) is 22.3.